The summed E-state index contributed by atoms with van der Waals surface area (Å²) in [5, 5.41) is 6.70. The van der Waals surface area contributed by atoms with Crippen molar-refractivity contribution in [3.05, 3.63) is 30.5 Å². The van der Waals surface area contributed by atoms with Crippen LogP contribution in [0.4, 0.5) is 11.5 Å². The fourth-order valence-electron chi connectivity index (χ4n) is 1.29. The summed E-state index contributed by atoms with van der Waals surface area (Å²) in [6.07, 6.45) is 6.04. The highest BCUT2D eigenvalue weighted by Gasteiger charge is 2.09. The number of nitrogen functional groups attached to an aromatic ring is 1. The van der Waals surface area contributed by atoms with Gasteiger partial charge in [0.2, 0.25) is 0 Å². The summed E-state index contributed by atoms with van der Waals surface area (Å²) in [7, 11) is 0. The number of carbonyl (C=O) groups excluding carboxylic acids is 1. The quantitative estimate of drug-likeness (QED) is 0.804. The lowest BCUT2D eigenvalue weighted by Gasteiger charge is -2.01. The van der Waals surface area contributed by atoms with Crippen LogP contribution in [0.2, 0.25) is 0 Å². The van der Waals surface area contributed by atoms with E-state index in [1.165, 1.54) is 12.4 Å². The van der Waals surface area contributed by atoms with Crippen LogP contribution in [0.5, 0.6) is 0 Å². The lowest BCUT2D eigenvalue weighted by Crippen LogP contribution is -2.14. The number of aryl methyl sites for hydroxylation is 1. The van der Waals surface area contributed by atoms with E-state index in [9.17, 15) is 4.79 Å². The Hall–Kier alpha value is -2.44. The molecular weight excluding hydrogens is 220 g/mol. The molecule has 7 heteroatoms. The smallest absolute Gasteiger partial charge is 0.276 e. The van der Waals surface area contributed by atoms with Crippen molar-refractivity contribution >= 4 is 17.4 Å². The molecule has 0 bridgehead atoms. The molecular formula is C10H12N6O. The van der Waals surface area contributed by atoms with Gasteiger partial charge in [-0.2, -0.15) is 5.10 Å². The number of amides is 1. The zero-order valence-electron chi connectivity index (χ0n) is 9.29. The highest BCUT2D eigenvalue weighted by atomic mass is 16.1. The highest BCUT2D eigenvalue weighted by molar-refractivity contribution is 6.02. The van der Waals surface area contributed by atoms with Gasteiger partial charge in [-0.15, -0.1) is 0 Å². The Morgan fingerprint density at radius 2 is 2.29 bits per heavy atom. The van der Waals surface area contributed by atoms with Crippen LogP contribution in [0, 0.1) is 0 Å². The van der Waals surface area contributed by atoms with Gasteiger partial charge in [0.1, 0.15) is 11.5 Å². The van der Waals surface area contributed by atoms with Crippen LogP contribution < -0.4 is 11.1 Å². The van der Waals surface area contributed by atoms with Gasteiger partial charge in [-0.3, -0.25) is 14.5 Å². The summed E-state index contributed by atoms with van der Waals surface area (Å²) in [5.74, 6) is -0.151. The number of nitrogens with zero attached hydrogens (tertiary/aromatic N) is 4. The van der Waals surface area contributed by atoms with Crippen molar-refractivity contribution in [3.8, 4) is 0 Å². The lowest BCUT2D eigenvalue weighted by molar-refractivity contribution is 0.102. The summed E-state index contributed by atoms with van der Waals surface area (Å²) in [5.41, 5.74) is 6.23. The summed E-state index contributed by atoms with van der Waals surface area (Å²) >= 11 is 0. The Balaban J connectivity index is 2.11. The summed E-state index contributed by atoms with van der Waals surface area (Å²) in [4.78, 5) is 19.4. The van der Waals surface area contributed by atoms with Crippen molar-refractivity contribution in [1.82, 2.24) is 19.7 Å². The number of carbonyl (C=O) groups is 1. The van der Waals surface area contributed by atoms with Gasteiger partial charge in [-0.1, -0.05) is 0 Å². The Kier molecular flexibility index (Phi) is 2.99. The van der Waals surface area contributed by atoms with Crippen molar-refractivity contribution in [3.63, 3.8) is 0 Å². The molecule has 0 aliphatic rings. The molecule has 3 N–H and O–H groups in total. The van der Waals surface area contributed by atoms with E-state index in [0.717, 1.165) is 6.54 Å². The minimum absolute atomic E-state index is 0.175. The van der Waals surface area contributed by atoms with Gasteiger partial charge in [0.05, 0.1) is 24.3 Å². The maximum atomic E-state index is 11.8. The van der Waals surface area contributed by atoms with Gasteiger partial charge in [0.25, 0.3) is 5.91 Å². The molecule has 0 fully saturated rings. The van der Waals surface area contributed by atoms with Crippen LogP contribution in [0.25, 0.3) is 0 Å². The normalized spacial score (nSPS) is 10.2. The number of anilines is 2. The molecule has 7 nitrogen and oxygen atoms in total. The average molecular weight is 232 g/mol. The summed E-state index contributed by atoms with van der Waals surface area (Å²) < 4.78 is 1.71. The first-order valence-corrected chi connectivity index (χ1v) is 5.10. The maximum Gasteiger partial charge on any atom is 0.276 e. The van der Waals surface area contributed by atoms with Crippen molar-refractivity contribution in [2.24, 2.45) is 0 Å². The van der Waals surface area contributed by atoms with Gasteiger partial charge >= 0.3 is 0 Å². The number of hydrogen-bond donors (Lipinski definition) is 2. The van der Waals surface area contributed by atoms with Crippen LogP contribution in [0.1, 0.15) is 17.4 Å². The van der Waals surface area contributed by atoms with E-state index in [0.29, 0.717) is 5.69 Å². The first-order chi connectivity index (χ1) is 8.19. The molecule has 2 rings (SSSR count). The molecule has 2 aromatic heterocycles. The summed E-state index contributed by atoms with van der Waals surface area (Å²) in [6.45, 7) is 2.70. The minimum Gasteiger partial charge on any atom is -0.382 e. The van der Waals surface area contributed by atoms with Crippen molar-refractivity contribution in [2.75, 3.05) is 11.1 Å². The number of hydrogen-bond acceptors (Lipinski definition) is 5. The predicted octanol–water partition coefficient (Wildman–Crippen LogP) is 0.528. The monoisotopic (exact) mass is 232 g/mol. The topological polar surface area (TPSA) is 98.7 Å². The van der Waals surface area contributed by atoms with Gasteiger partial charge < -0.3 is 11.1 Å². The first-order valence-electron chi connectivity index (χ1n) is 5.10. The molecule has 2 aromatic rings. The van der Waals surface area contributed by atoms with E-state index in [4.69, 9.17) is 5.73 Å². The Morgan fingerprint density at radius 3 is 2.94 bits per heavy atom. The molecule has 0 aliphatic heterocycles. The van der Waals surface area contributed by atoms with Crippen LogP contribution in [0.3, 0.4) is 0 Å². The third-order valence-corrected chi connectivity index (χ3v) is 2.10. The second-order valence-corrected chi connectivity index (χ2v) is 3.37. The van der Waals surface area contributed by atoms with Crippen molar-refractivity contribution in [2.45, 2.75) is 13.5 Å². The van der Waals surface area contributed by atoms with E-state index in [-0.39, 0.29) is 17.4 Å². The molecule has 88 valence electrons. The Labute approximate surface area is 97.7 Å². The molecule has 0 atom stereocenters. The van der Waals surface area contributed by atoms with Crippen LogP contribution in [0.15, 0.2) is 24.8 Å². The van der Waals surface area contributed by atoms with Crippen molar-refractivity contribution in [1.29, 1.82) is 0 Å². The SMILES string of the molecule is CCn1cc(NC(=O)c2cncc(N)n2)cn1. The fraction of sp³-hybridized carbons (Fsp3) is 0.200. The Morgan fingerprint density at radius 1 is 1.47 bits per heavy atom. The average Bonchev–Trinajstić information content (AvgIpc) is 2.77. The molecule has 0 aromatic carbocycles. The Bertz CT molecular complexity index is 535. The molecule has 17 heavy (non-hydrogen) atoms. The number of nitrogens with two attached hydrogens (primary N) is 1. The first kappa shape index (κ1) is 11.1. The molecule has 0 saturated carbocycles. The standard InChI is InChI=1S/C10H12N6O/c1-2-16-6-7(3-13-16)14-10(17)8-4-12-5-9(11)15-8/h3-6H,2H2,1H3,(H2,11,15)(H,14,17). The minimum atomic E-state index is -0.361. The molecule has 0 aliphatic carbocycles. The molecule has 1 amide bonds. The highest BCUT2D eigenvalue weighted by Crippen LogP contribution is 2.07. The number of nitrogens with one attached hydrogen (secondary N) is 1. The fourth-order valence-corrected chi connectivity index (χ4v) is 1.29. The molecule has 0 spiro atoms. The van der Waals surface area contributed by atoms with Crippen LogP contribution in [-0.2, 0) is 6.54 Å². The zero-order chi connectivity index (χ0) is 12.3. The van der Waals surface area contributed by atoms with E-state index in [1.807, 2.05) is 6.92 Å². The van der Waals surface area contributed by atoms with Crippen molar-refractivity contribution < 1.29 is 4.79 Å². The number of rotatable bonds is 3. The second kappa shape index (κ2) is 4.60. The largest absolute Gasteiger partial charge is 0.382 e. The van der Waals surface area contributed by atoms with E-state index in [2.05, 4.69) is 20.4 Å². The van der Waals surface area contributed by atoms with E-state index < -0.39 is 0 Å². The van der Waals surface area contributed by atoms with Gasteiger partial charge in [-0.05, 0) is 6.92 Å². The van der Waals surface area contributed by atoms with E-state index in [1.54, 1.807) is 17.1 Å². The summed E-state index contributed by atoms with van der Waals surface area (Å²) in [6, 6.07) is 0. The maximum absolute atomic E-state index is 11.8. The van der Waals surface area contributed by atoms with Gasteiger partial charge in [-0.25, -0.2) is 4.98 Å². The second-order valence-electron chi connectivity index (χ2n) is 3.37. The lowest BCUT2D eigenvalue weighted by atomic mass is 10.4. The van der Waals surface area contributed by atoms with Crippen LogP contribution >= 0.6 is 0 Å². The zero-order valence-corrected chi connectivity index (χ0v) is 9.29. The molecule has 0 radical (unpaired) electrons. The predicted molar refractivity (Wildman–Crippen MR) is 62.3 cm³/mol. The number of aromatic nitrogens is 4. The molecule has 2 heterocycles. The third-order valence-electron chi connectivity index (χ3n) is 2.10. The van der Waals surface area contributed by atoms with E-state index >= 15 is 0 Å². The molecule has 0 saturated heterocycles. The third kappa shape index (κ3) is 2.57. The van der Waals surface area contributed by atoms with Gasteiger partial charge in [0, 0.05) is 12.7 Å². The molecule has 0 unspecified atom stereocenters. The van der Waals surface area contributed by atoms with Gasteiger partial charge in [0.15, 0.2) is 0 Å². The van der Waals surface area contributed by atoms with Crippen LogP contribution in [-0.4, -0.2) is 25.7 Å².